The SMILES string of the molecule is CCC(C=C1Sc2ccc(OC)cc2N1CC)=C1OC(=S)N(CC)C1=O. The van der Waals surface area contributed by atoms with Crippen molar-refractivity contribution in [2.75, 3.05) is 25.1 Å². The lowest BCUT2D eigenvalue weighted by atomic mass is 10.1. The van der Waals surface area contributed by atoms with E-state index in [1.54, 1.807) is 18.9 Å². The summed E-state index contributed by atoms with van der Waals surface area (Å²) in [6.45, 7) is 7.33. The van der Waals surface area contributed by atoms with Gasteiger partial charge in [-0.1, -0.05) is 18.7 Å². The van der Waals surface area contributed by atoms with E-state index in [1.165, 1.54) is 9.80 Å². The zero-order chi connectivity index (χ0) is 18.8. The van der Waals surface area contributed by atoms with Gasteiger partial charge < -0.3 is 14.4 Å². The summed E-state index contributed by atoms with van der Waals surface area (Å²) in [5, 5.41) is 1.30. The molecule has 1 amide bonds. The van der Waals surface area contributed by atoms with Gasteiger partial charge in [0.05, 0.1) is 17.8 Å². The van der Waals surface area contributed by atoms with Crippen LogP contribution in [0, 0.1) is 0 Å². The van der Waals surface area contributed by atoms with Gasteiger partial charge in [0, 0.05) is 29.6 Å². The normalized spacial score (nSPS) is 19.9. The second kappa shape index (κ2) is 7.72. The lowest BCUT2D eigenvalue weighted by molar-refractivity contribution is -0.122. The third-order valence-corrected chi connectivity index (χ3v) is 5.81. The molecule has 0 N–H and O–H groups in total. The van der Waals surface area contributed by atoms with Crippen LogP contribution in [0.2, 0.25) is 0 Å². The molecule has 2 heterocycles. The lowest BCUT2D eigenvalue weighted by Gasteiger charge is -2.19. The maximum absolute atomic E-state index is 12.6. The number of hydrogen-bond acceptors (Lipinski definition) is 6. The van der Waals surface area contributed by atoms with E-state index in [0.717, 1.165) is 28.6 Å². The number of ether oxygens (including phenoxy) is 2. The summed E-state index contributed by atoms with van der Waals surface area (Å²) < 4.78 is 11.0. The molecule has 2 aliphatic heterocycles. The number of benzene rings is 1. The van der Waals surface area contributed by atoms with Crippen molar-refractivity contribution in [3.8, 4) is 5.75 Å². The molecule has 1 aromatic rings. The van der Waals surface area contributed by atoms with Crippen LogP contribution >= 0.6 is 24.0 Å². The Balaban J connectivity index is 1.99. The van der Waals surface area contributed by atoms with Gasteiger partial charge in [-0.2, -0.15) is 0 Å². The molecule has 3 rings (SSSR count). The second-order valence-corrected chi connectivity index (χ2v) is 7.20. The van der Waals surface area contributed by atoms with Gasteiger partial charge >= 0.3 is 0 Å². The number of carbonyl (C=O) groups is 1. The van der Waals surface area contributed by atoms with Crippen LogP contribution in [0.15, 0.2) is 45.5 Å². The second-order valence-electron chi connectivity index (χ2n) is 5.79. The summed E-state index contributed by atoms with van der Waals surface area (Å²) in [5.41, 5.74) is 1.97. The van der Waals surface area contributed by atoms with E-state index in [-0.39, 0.29) is 11.1 Å². The minimum Gasteiger partial charge on any atom is -0.497 e. The number of anilines is 1. The summed E-state index contributed by atoms with van der Waals surface area (Å²) >= 11 is 6.86. The van der Waals surface area contributed by atoms with Gasteiger partial charge in [0.1, 0.15) is 5.75 Å². The molecule has 1 saturated heterocycles. The zero-order valence-corrected chi connectivity index (χ0v) is 17.0. The summed E-state index contributed by atoms with van der Waals surface area (Å²) in [4.78, 5) is 17.4. The van der Waals surface area contributed by atoms with E-state index in [2.05, 4.69) is 17.9 Å². The number of thioether (sulfide) groups is 1. The van der Waals surface area contributed by atoms with E-state index in [1.807, 2.05) is 32.1 Å². The van der Waals surface area contributed by atoms with Crippen LogP contribution in [0.4, 0.5) is 5.69 Å². The molecular weight excluding hydrogens is 368 g/mol. The van der Waals surface area contributed by atoms with Crippen molar-refractivity contribution in [1.82, 2.24) is 4.90 Å². The summed E-state index contributed by atoms with van der Waals surface area (Å²) in [7, 11) is 1.67. The first-order chi connectivity index (χ1) is 12.5. The Bertz CT molecular complexity index is 817. The fourth-order valence-electron chi connectivity index (χ4n) is 2.99. The minimum atomic E-state index is -0.156. The van der Waals surface area contributed by atoms with Crippen LogP contribution in [0.1, 0.15) is 27.2 Å². The van der Waals surface area contributed by atoms with Crippen LogP contribution in [-0.2, 0) is 9.53 Å². The van der Waals surface area contributed by atoms with Crippen molar-refractivity contribution in [3.63, 3.8) is 0 Å². The highest BCUT2D eigenvalue weighted by Gasteiger charge is 2.34. The molecule has 0 spiro atoms. The number of carbonyl (C=O) groups excluding carboxylic acids is 1. The predicted molar refractivity (Wildman–Crippen MR) is 108 cm³/mol. The van der Waals surface area contributed by atoms with Gasteiger partial charge in [0.2, 0.25) is 0 Å². The number of fused-ring (bicyclic) bond motifs is 1. The van der Waals surface area contributed by atoms with Gasteiger partial charge in [-0.25, -0.2) is 0 Å². The minimum absolute atomic E-state index is 0.156. The van der Waals surface area contributed by atoms with Crippen LogP contribution < -0.4 is 9.64 Å². The molecule has 5 nitrogen and oxygen atoms in total. The smallest absolute Gasteiger partial charge is 0.297 e. The van der Waals surface area contributed by atoms with Crippen LogP contribution in [0.3, 0.4) is 0 Å². The highest BCUT2D eigenvalue weighted by Crippen LogP contribution is 2.47. The zero-order valence-electron chi connectivity index (χ0n) is 15.4. The molecule has 0 bridgehead atoms. The average molecular weight is 391 g/mol. The highest BCUT2D eigenvalue weighted by atomic mass is 32.2. The fourth-order valence-corrected chi connectivity index (χ4v) is 4.46. The number of allylic oxidation sites excluding steroid dienone is 2. The van der Waals surface area contributed by atoms with Gasteiger partial charge in [-0.3, -0.25) is 9.69 Å². The average Bonchev–Trinajstić information content (AvgIpc) is 3.14. The predicted octanol–water partition coefficient (Wildman–Crippen LogP) is 4.30. The molecule has 0 aromatic heterocycles. The molecule has 1 aromatic carbocycles. The van der Waals surface area contributed by atoms with Crippen molar-refractivity contribution < 1.29 is 14.3 Å². The number of nitrogens with zero attached hydrogens (tertiary/aromatic N) is 2. The Hall–Kier alpha value is -1.99. The van der Waals surface area contributed by atoms with Crippen molar-refractivity contribution in [2.24, 2.45) is 0 Å². The van der Waals surface area contributed by atoms with Crippen molar-refractivity contribution in [2.45, 2.75) is 32.1 Å². The number of methoxy groups -OCH3 is 1. The third kappa shape index (κ3) is 3.21. The standard InChI is InChI=1S/C19H22N2O3S2/c1-5-12(17-18(22)21(7-3)19(25)24-17)10-16-20(6-2)14-11-13(23-4)8-9-15(14)26-16/h8-11H,5-7H2,1-4H3. The van der Waals surface area contributed by atoms with Crippen LogP contribution in [0.5, 0.6) is 5.75 Å². The Morgan fingerprint density at radius 3 is 2.58 bits per heavy atom. The number of rotatable bonds is 5. The first kappa shape index (κ1) is 18.8. The number of likely N-dealkylation sites (N-methyl/N-ethyl adjacent to an activating group) is 1. The summed E-state index contributed by atoms with van der Waals surface area (Å²) in [5.74, 6) is 1.02. The number of amides is 1. The third-order valence-electron chi connectivity index (χ3n) is 4.39. The van der Waals surface area contributed by atoms with Gasteiger partial charge in [0.15, 0.2) is 5.76 Å². The molecule has 26 heavy (non-hydrogen) atoms. The number of hydrogen-bond donors (Lipinski definition) is 0. The van der Waals surface area contributed by atoms with Crippen LogP contribution in [-0.4, -0.2) is 36.2 Å². The van der Waals surface area contributed by atoms with Gasteiger partial charge in [0.25, 0.3) is 11.1 Å². The van der Waals surface area contributed by atoms with Crippen molar-refractivity contribution in [3.05, 3.63) is 40.6 Å². The molecule has 0 unspecified atom stereocenters. The highest BCUT2D eigenvalue weighted by molar-refractivity contribution is 8.03. The molecule has 0 atom stereocenters. The van der Waals surface area contributed by atoms with Crippen LogP contribution in [0.25, 0.3) is 0 Å². The van der Waals surface area contributed by atoms with E-state index in [9.17, 15) is 4.79 Å². The Morgan fingerprint density at radius 1 is 1.27 bits per heavy atom. The van der Waals surface area contributed by atoms with Crippen molar-refractivity contribution in [1.29, 1.82) is 0 Å². The number of thiocarbonyl (C=S) groups is 1. The van der Waals surface area contributed by atoms with Crippen molar-refractivity contribution >= 4 is 40.7 Å². The van der Waals surface area contributed by atoms with E-state index < -0.39 is 0 Å². The molecule has 1 fully saturated rings. The van der Waals surface area contributed by atoms with E-state index >= 15 is 0 Å². The Labute approximate surface area is 163 Å². The molecule has 0 aliphatic carbocycles. The summed E-state index contributed by atoms with van der Waals surface area (Å²) in [6, 6.07) is 6.06. The molecule has 7 heteroatoms. The quantitative estimate of drug-likeness (QED) is 0.552. The first-order valence-electron chi connectivity index (χ1n) is 8.65. The first-order valence-corrected chi connectivity index (χ1v) is 9.88. The fraction of sp³-hybridized carbons (Fsp3) is 0.368. The largest absolute Gasteiger partial charge is 0.497 e. The van der Waals surface area contributed by atoms with E-state index in [0.29, 0.717) is 18.7 Å². The molecule has 2 aliphatic rings. The van der Waals surface area contributed by atoms with Gasteiger partial charge in [-0.05, 0) is 50.7 Å². The molecular formula is C19H22N2O3S2. The lowest BCUT2D eigenvalue weighted by Crippen LogP contribution is -2.28. The maximum Gasteiger partial charge on any atom is 0.297 e. The topological polar surface area (TPSA) is 42.0 Å². The maximum atomic E-state index is 12.6. The Kier molecular flexibility index (Phi) is 5.58. The van der Waals surface area contributed by atoms with Gasteiger partial charge in [-0.15, -0.1) is 0 Å². The molecule has 0 radical (unpaired) electrons. The molecule has 138 valence electrons. The monoisotopic (exact) mass is 390 g/mol. The Morgan fingerprint density at radius 2 is 2.00 bits per heavy atom. The molecule has 0 saturated carbocycles. The van der Waals surface area contributed by atoms with E-state index in [4.69, 9.17) is 21.7 Å². The summed E-state index contributed by atoms with van der Waals surface area (Å²) in [6.07, 6.45) is 2.72.